The first kappa shape index (κ1) is 11.8. The molecule has 2 aliphatic rings. The Balaban J connectivity index is 2.09. The molecule has 1 aromatic carbocycles. The maximum atomic E-state index is 13.1. The first-order valence-electron chi connectivity index (χ1n) is 6.19. The predicted molar refractivity (Wildman–Crippen MR) is 64.4 cm³/mol. The molecule has 2 unspecified atom stereocenters. The van der Waals surface area contributed by atoms with E-state index in [0.29, 0.717) is 6.42 Å². The molecular weight excluding hydrogens is 247 g/mol. The molecule has 3 rings (SSSR count). The van der Waals surface area contributed by atoms with Crippen molar-refractivity contribution in [2.45, 2.75) is 19.3 Å². The van der Waals surface area contributed by atoms with E-state index in [9.17, 15) is 14.0 Å². The van der Waals surface area contributed by atoms with Crippen molar-refractivity contribution in [3.63, 3.8) is 0 Å². The third-order valence-electron chi connectivity index (χ3n) is 3.89. The third kappa shape index (κ3) is 1.72. The highest BCUT2D eigenvalue weighted by atomic mass is 19.1. The van der Waals surface area contributed by atoms with E-state index in [1.54, 1.807) is 0 Å². The number of hydrogen-bond acceptors (Lipinski definition) is 3. The number of hydrogen-bond donors (Lipinski definition) is 0. The first-order chi connectivity index (χ1) is 9.11. The van der Waals surface area contributed by atoms with Gasteiger partial charge in [-0.1, -0.05) is 0 Å². The molecule has 1 saturated carbocycles. The van der Waals surface area contributed by atoms with Crippen LogP contribution in [-0.4, -0.2) is 11.8 Å². The monoisotopic (exact) mass is 258 g/mol. The van der Waals surface area contributed by atoms with Crippen LogP contribution in [0.5, 0.6) is 0 Å². The fraction of sp³-hybridized carbons (Fsp3) is 0.357. The van der Waals surface area contributed by atoms with Gasteiger partial charge in [0.05, 0.1) is 11.3 Å². The summed E-state index contributed by atoms with van der Waals surface area (Å²) in [6.45, 7) is 0. The van der Waals surface area contributed by atoms with Crippen LogP contribution >= 0.6 is 0 Å². The molecule has 5 heteroatoms. The summed E-state index contributed by atoms with van der Waals surface area (Å²) in [6.07, 6.45) is 2.04. The van der Waals surface area contributed by atoms with Gasteiger partial charge in [-0.25, -0.2) is 9.29 Å². The van der Waals surface area contributed by atoms with Gasteiger partial charge in [0.15, 0.2) is 0 Å². The number of piperidine rings is 1. The lowest BCUT2D eigenvalue weighted by Gasteiger charge is -2.30. The van der Waals surface area contributed by atoms with E-state index in [1.807, 2.05) is 6.07 Å². The summed E-state index contributed by atoms with van der Waals surface area (Å²) >= 11 is 0. The molecule has 2 amide bonds. The summed E-state index contributed by atoms with van der Waals surface area (Å²) in [7, 11) is 0. The van der Waals surface area contributed by atoms with Crippen molar-refractivity contribution in [1.82, 2.24) is 0 Å². The zero-order valence-electron chi connectivity index (χ0n) is 10.1. The highest BCUT2D eigenvalue weighted by Gasteiger charge is 2.46. The van der Waals surface area contributed by atoms with Gasteiger partial charge in [-0.05, 0) is 37.5 Å². The number of fused-ring (bicyclic) bond motifs is 2. The standard InChI is InChI=1S/C14H11FN2O2/c15-11-3-4-12(10(6-11)7-16)17-13(18)8-1-2-9(5-8)14(17)19/h3-4,6,8-9H,1-2,5H2. The molecule has 2 atom stereocenters. The highest BCUT2D eigenvalue weighted by molar-refractivity contribution is 6.19. The number of halogens is 1. The average molecular weight is 258 g/mol. The maximum absolute atomic E-state index is 13.1. The molecule has 2 bridgehead atoms. The molecule has 1 aromatic rings. The number of amides is 2. The predicted octanol–water partition coefficient (Wildman–Crippen LogP) is 1.99. The Morgan fingerprint density at radius 1 is 1.21 bits per heavy atom. The van der Waals surface area contributed by atoms with Crippen LogP contribution in [0.3, 0.4) is 0 Å². The van der Waals surface area contributed by atoms with Crippen LogP contribution in [0.15, 0.2) is 18.2 Å². The van der Waals surface area contributed by atoms with E-state index in [-0.39, 0.29) is 34.9 Å². The Morgan fingerprint density at radius 3 is 2.42 bits per heavy atom. The SMILES string of the molecule is N#Cc1cc(F)ccc1N1C(=O)C2CCC(C2)C1=O. The molecule has 1 aliphatic heterocycles. The molecule has 4 nitrogen and oxygen atoms in total. The lowest BCUT2D eigenvalue weighted by atomic mass is 9.96. The summed E-state index contributed by atoms with van der Waals surface area (Å²) in [5, 5.41) is 9.03. The first-order valence-corrected chi connectivity index (χ1v) is 6.19. The van der Waals surface area contributed by atoms with Crippen molar-refractivity contribution in [3.05, 3.63) is 29.6 Å². The summed E-state index contributed by atoms with van der Waals surface area (Å²) in [5.41, 5.74) is 0.221. The zero-order chi connectivity index (χ0) is 13.6. The van der Waals surface area contributed by atoms with Crippen LogP contribution < -0.4 is 4.90 Å². The van der Waals surface area contributed by atoms with E-state index in [4.69, 9.17) is 5.26 Å². The van der Waals surface area contributed by atoms with E-state index < -0.39 is 5.82 Å². The Labute approximate surface area is 109 Å². The second-order valence-corrected chi connectivity index (χ2v) is 4.99. The number of benzene rings is 1. The Bertz CT molecular complexity index is 598. The summed E-state index contributed by atoms with van der Waals surface area (Å²) < 4.78 is 13.1. The second-order valence-electron chi connectivity index (χ2n) is 4.99. The van der Waals surface area contributed by atoms with Gasteiger partial charge in [0, 0.05) is 11.8 Å². The highest BCUT2D eigenvalue weighted by Crippen LogP contribution is 2.40. The Hall–Kier alpha value is -2.22. The minimum absolute atomic E-state index is 0.0167. The molecule has 0 radical (unpaired) electrons. The Kier molecular flexibility index (Phi) is 2.59. The van der Waals surface area contributed by atoms with Crippen LogP contribution in [0.1, 0.15) is 24.8 Å². The third-order valence-corrected chi connectivity index (χ3v) is 3.89. The van der Waals surface area contributed by atoms with Crippen LogP contribution in [0, 0.1) is 29.0 Å². The number of carbonyl (C=O) groups excluding carboxylic acids is 2. The number of imide groups is 1. The van der Waals surface area contributed by atoms with Crippen LogP contribution in [0.4, 0.5) is 10.1 Å². The van der Waals surface area contributed by atoms with E-state index in [2.05, 4.69) is 0 Å². The number of anilines is 1. The lowest BCUT2D eigenvalue weighted by Crippen LogP contribution is -2.46. The molecule has 2 fully saturated rings. The molecule has 0 N–H and O–H groups in total. The second kappa shape index (κ2) is 4.16. The number of rotatable bonds is 1. The van der Waals surface area contributed by atoms with Gasteiger partial charge in [0.25, 0.3) is 0 Å². The molecule has 1 aliphatic carbocycles. The molecular formula is C14H11FN2O2. The molecule has 96 valence electrons. The maximum Gasteiger partial charge on any atom is 0.236 e. The van der Waals surface area contributed by atoms with Gasteiger partial charge >= 0.3 is 0 Å². The van der Waals surface area contributed by atoms with Crippen LogP contribution in [0.25, 0.3) is 0 Å². The zero-order valence-corrected chi connectivity index (χ0v) is 10.1. The molecule has 19 heavy (non-hydrogen) atoms. The van der Waals surface area contributed by atoms with Crippen molar-refractivity contribution < 1.29 is 14.0 Å². The lowest BCUT2D eigenvalue weighted by molar-refractivity contribution is -0.133. The van der Waals surface area contributed by atoms with Crippen molar-refractivity contribution in [1.29, 1.82) is 5.26 Å². The molecule has 0 aromatic heterocycles. The van der Waals surface area contributed by atoms with Gasteiger partial charge in [0.1, 0.15) is 11.9 Å². The molecule has 1 saturated heterocycles. The molecule has 1 heterocycles. The fourth-order valence-electron chi connectivity index (χ4n) is 2.93. The summed E-state index contributed by atoms with van der Waals surface area (Å²) in [6, 6.07) is 5.37. The van der Waals surface area contributed by atoms with Gasteiger partial charge in [-0.15, -0.1) is 0 Å². The quantitative estimate of drug-likeness (QED) is 0.724. The summed E-state index contributed by atoms with van der Waals surface area (Å²) in [4.78, 5) is 25.6. The normalized spacial score (nSPS) is 25.6. The number of nitriles is 1. The van der Waals surface area contributed by atoms with Gasteiger partial charge in [-0.3, -0.25) is 9.59 Å². The smallest absolute Gasteiger partial charge is 0.236 e. The summed E-state index contributed by atoms with van der Waals surface area (Å²) in [5.74, 6) is -1.36. The van der Waals surface area contributed by atoms with E-state index >= 15 is 0 Å². The average Bonchev–Trinajstić information content (AvgIpc) is 2.85. The van der Waals surface area contributed by atoms with Crippen molar-refractivity contribution in [2.24, 2.45) is 11.8 Å². The van der Waals surface area contributed by atoms with Gasteiger partial charge in [-0.2, -0.15) is 5.26 Å². The topological polar surface area (TPSA) is 61.2 Å². The number of nitrogens with zero attached hydrogens (tertiary/aromatic N) is 2. The fourth-order valence-corrected chi connectivity index (χ4v) is 2.93. The van der Waals surface area contributed by atoms with Gasteiger partial charge < -0.3 is 0 Å². The van der Waals surface area contributed by atoms with E-state index in [1.165, 1.54) is 6.07 Å². The van der Waals surface area contributed by atoms with Crippen molar-refractivity contribution >= 4 is 17.5 Å². The van der Waals surface area contributed by atoms with Crippen molar-refractivity contribution in [2.75, 3.05) is 4.90 Å². The minimum atomic E-state index is -0.555. The number of carbonyl (C=O) groups is 2. The Morgan fingerprint density at radius 2 is 1.84 bits per heavy atom. The van der Waals surface area contributed by atoms with Crippen LogP contribution in [0.2, 0.25) is 0 Å². The minimum Gasteiger partial charge on any atom is -0.274 e. The van der Waals surface area contributed by atoms with E-state index in [0.717, 1.165) is 29.9 Å². The van der Waals surface area contributed by atoms with Crippen LogP contribution in [-0.2, 0) is 9.59 Å². The van der Waals surface area contributed by atoms with Gasteiger partial charge in [0.2, 0.25) is 11.8 Å². The molecule has 0 spiro atoms. The largest absolute Gasteiger partial charge is 0.274 e. The van der Waals surface area contributed by atoms with Crippen molar-refractivity contribution in [3.8, 4) is 6.07 Å².